The number of sulfonamides is 1. The predicted octanol–water partition coefficient (Wildman–Crippen LogP) is 3.76. The van der Waals surface area contributed by atoms with Gasteiger partial charge in [0.2, 0.25) is 21.8 Å². The van der Waals surface area contributed by atoms with Crippen molar-refractivity contribution in [2.75, 3.05) is 6.54 Å². The Morgan fingerprint density at radius 3 is 2.32 bits per heavy atom. The van der Waals surface area contributed by atoms with Crippen molar-refractivity contribution in [1.82, 2.24) is 25.2 Å². The van der Waals surface area contributed by atoms with E-state index < -0.39 is 91.7 Å². The summed E-state index contributed by atoms with van der Waals surface area (Å²) >= 11 is 0. The van der Waals surface area contributed by atoms with Gasteiger partial charge in [-0.05, 0) is 71.6 Å². The Balaban J connectivity index is 1.44. The molecule has 0 spiro atoms. The van der Waals surface area contributed by atoms with E-state index in [0.29, 0.717) is 24.0 Å². The zero-order valence-corrected chi connectivity index (χ0v) is 33.7. The number of allylic oxidation sites excluding steroid dienone is 2. The van der Waals surface area contributed by atoms with Crippen LogP contribution in [0.3, 0.4) is 0 Å². The highest BCUT2D eigenvalue weighted by Gasteiger charge is 2.62. The lowest BCUT2D eigenvalue weighted by Gasteiger charge is -2.37. The normalized spacial score (nSPS) is 23.6. The molecule has 5 amide bonds. The van der Waals surface area contributed by atoms with E-state index in [4.69, 9.17) is 9.47 Å². The van der Waals surface area contributed by atoms with Crippen molar-refractivity contribution >= 4 is 45.7 Å². The number of hydrogen-bond acceptors (Lipinski definition) is 10. The molecule has 306 valence electrons. The molecule has 5 atom stereocenters. The number of fused-ring (bicyclic) bond motifs is 1. The van der Waals surface area contributed by atoms with E-state index in [1.54, 1.807) is 54.5 Å². The number of hydrogen-bond donors (Lipinski definition) is 3. The van der Waals surface area contributed by atoms with Crippen molar-refractivity contribution in [3.63, 3.8) is 0 Å². The molecule has 2 aliphatic carbocycles. The average molecular weight is 802 g/mol. The molecule has 0 aromatic heterocycles. The second-order valence-electron chi connectivity index (χ2n) is 17.1. The third kappa shape index (κ3) is 9.59. The minimum atomic E-state index is -3.98. The number of ketones is 1. The second-order valence-corrected chi connectivity index (χ2v) is 19.1. The molecule has 3 N–H and O–H groups in total. The fourth-order valence-corrected chi connectivity index (χ4v) is 8.59. The lowest BCUT2D eigenvalue weighted by atomic mass is 9.78. The van der Waals surface area contributed by atoms with Gasteiger partial charge in [-0.15, -0.1) is 6.58 Å². The quantitative estimate of drug-likeness (QED) is 0.195. The summed E-state index contributed by atoms with van der Waals surface area (Å²) in [6.07, 6.45) is 0.399. The molecule has 5 rings (SSSR count). The fourth-order valence-electron chi connectivity index (χ4n) is 7.23. The number of carbonyl (C=O) groups is 6. The van der Waals surface area contributed by atoms with E-state index in [1.165, 1.54) is 29.2 Å². The van der Waals surface area contributed by atoms with Gasteiger partial charge in [0.15, 0.2) is 5.78 Å². The zero-order chi connectivity index (χ0) is 41.5. The molecule has 17 heteroatoms. The molecule has 0 radical (unpaired) electrons. The largest absolute Gasteiger partial charge is 0.444 e. The van der Waals surface area contributed by atoms with Gasteiger partial charge in [-0.25, -0.2) is 22.4 Å². The molecule has 15 nitrogen and oxygen atoms in total. The van der Waals surface area contributed by atoms with Gasteiger partial charge in [0.25, 0.3) is 5.91 Å². The Labute approximate surface area is 326 Å². The number of amides is 5. The van der Waals surface area contributed by atoms with Crippen LogP contribution in [0.2, 0.25) is 0 Å². The van der Waals surface area contributed by atoms with Gasteiger partial charge in [0.1, 0.15) is 35.1 Å². The molecule has 4 aliphatic rings. The average Bonchev–Trinajstić information content (AvgIpc) is 3.96. The molecular weight excluding hydrogens is 750 g/mol. The molecule has 0 bridgehead atoms. The Bertz CT molecular complexity index is 1950. The number of rotatable bonds is 13. The third-order valence-corrected chi connectivity index (χ3v) is 12.1. The number of ether oxygens (including phenoxy) is 2. The van der Waals surface area contributed by atoms with E-state index in [2.05, 4.69) is 21.9 Å². The number of nitrogens with zero attached hydrogens (tertiary/aromatic N) is 2. The first-order valence-electron chi connectivity index (χ1n) is 18.7. The number of carbonyl (C=O) groups excluding carboxylic acids is 6. The van der Waals surface area contributed by atoms with Crippen molar-refractivity contribution in [3.8, 4) is 0 Å². The van der Waals surface area contributed by atoms with Crippen LogP contribution in [-0.2, 0) is 51.8 Å². The van der Waals surface area contributed by atoms with Gasteiger partial charge in [0, 0.05) is 36.3 Å². The van der Waals surface area contributed by atoms with Gasteiger partial charge >= 0.3 is 12.2 Å². The maximum absolute atomic E-state index is 14.8. The Morgan fingerprint density at radius 1 is 1.07 bits per heavy atom. The van der Waals surface area contributed by atoms with E-state index >= 15 is 0 Å². The summed E-state index contributed by atoms with van der Waals surface area (Å²) in [5, 5.41) is 4.58. The minimum Gasteiger partial charge on any atom is -0.444 e. The lowest BCUT2D eigenvalue weighted by Crippen LogP contribution is -2.61. The van der Waals surface area contributed by atoms with Crippen LogP contribution in [-0.4, -0.2) is 95.0 Å². The maximum atomic E-state index is 14.8. The summed E-state index contributed by atoms with van der Waals surface area (Å²) in [7, 11) is -3.98. The minimum absolute atomic E-state index is 0.0434. The van der Waals surface area contributed by atoms with Gasteiger partial charge < -0.3 is 25.0 Å². The van der Waals surface area contributed by atoms with Crippen molar-refractivity contribution in [1.29, 1.82) is 0 Å². The van der Waals surface area contributed by atoms with Crippen LogP contribution in [0.1, 0.15) is 91.7 Å². The Morgan fingerprint density at radius 2 is 1.75 bits per heavy atom. The monoisotopic (exact) mass is 801 g/mol. The highest BCUT2D eigenvalue weighted by molar-refractivity contribution is 7.91. The smallest absolute Gasteiger partial charge is 0.410 e. The third-order valence-electron chi connectivity index (χ3n) is 10.3. The summed E-state index contributed by atoms with van der Waals surface area (Å²) in [5.41, 5.74) is -2.22. The maximum Gasteiger partial charge on any atom is 0.410 e. The van der Waals surface area contributed by atoms with Crippen LogP contribution in [0, 0.1) is 17.2 Å². The summed E-state index contributed by atoms with van der Waals surface area (Å²) in [5.74, 6) is -3.99. The van der Waals surface area contributed by atoms with Gasteiger partial charge in [-0.1, -0.05) is 37.6 Å². The van der Waals surface area contributed by atoms with Crippen LogP contribution < -0.4 is 15.4 Å². The lowest BCUT2D eigenvalue weighted by molar-refractivity contribution is -0.143. The van der Waals surface area contributed by atoms with Gasteiger partial charge in [-0.2, -0.15) is 0 Å². The number of halogens is 1. The number of nitrogens with one attached hydrogen (secondary N) is 3. The van der Waals surface area contributed by atoms with Crippen molar-refractivity contribution < 1.29 is 51.0 Å². The van der Waals surface area contributed by atoms with Crippen LogP contribution in [0.25, 0.3) is 0 Å². The van der Waals surface area contributed by atoms with Crippen molar-refractivity contribution in [2.24, 2.45) is 11.3 Å². The highest BCUT2D eigenvalue weighted by Crippen LogP contribution is 2.45. The Kier molecular flexibility index (Phi) is 11.8. The molecule has 1 aromatic carbocycles. The molecular formula is C39H52FN5O10S. The standard InChI is InChI=1S/C39H52FN5O10S/c1-9-24-17-39(24,34(49)43-56(52,53)27-13-14-27)42-32(47)30-16-26(54-36(51)44-19-23-11-10-12-29(40)28(23)21-44)20-45(30)33(48)31(41-35(50)55-37(4,5)6)38(7,8)18-25(46)15-22(2)3/h9-12,15,24,26-27,30-31H,1,13-14,16-21H2,2-8H3,(H,41,50)(H,42,47)(H,43,49)/t24-,26-,30+,31-,39-/m1/s1. The fraction of sp³-hybridized carbons (Fsp3) is 0.590. The number of benzene rings is 1. The van der Waals surface area contributed by atoms with Crippen molar-refractivity contribution in [3.05, 3.63) is 59.4 Å². The molecule has 2 saturated carbocycles. The predicted molar refractivity (Wildman–Crippen MR) is 201 cm³/mol. The topological polar surface area (TPSA) is 198 Å². The second kappa shape index (κ2) is 15.6. The molecule has 1 aromatic rings. The zero-order valence-electron chi connectivity index (χ0n) is 32.9. The van der Waals surface area contributed by atoms with E-state index in [-0.39, 0.29) is 44.7 Å². The first-order chi connectivity index (χ1) is 26.0. The summed E-state index contributed by atoms with van der Waals surface area (Å²) in [4.78, 5) is 84.7. The van der Waals surface area contributed by atoms with Crippen molar-refractivity contribution in [2.45, 2.75) is 128 Å². The van der Waals surface area contributed by atoms with Crippen LogP contribution in [0.4, 0.5) is 14.0 Å². The molecule has 3 fully saturated rings. The first kappa shape index (κ1) is 42.3. The number of alkyl carbamates (subject to hydrolysis) is 1. The summed E-state index contributed by atoms with van der Waals surface area (Å²) in [6, 6.07) is 1.68. The molecule has 56 heavy (non-hydrogen) atoms. The number of likely N-dealkylation sites (tertiary alicyclic amines) is 1. The SMILES string of the molecule is C=C[C@@H]1C[C@]1(NC(=O)[C@@H]1C[C@@H](OC(=O)N2Cc3cccc(F)c3C2)CN1C(=O)[C@@H](NC(=O)OC(C)(C)C)C(C)(C)CC(=O)C=C(C)C)C(=O)NS(=O)(=O)C1CC1. The van der Waals surface area contributed by atoms with E-state index in [9.17, 15) is 41.6 Å². The summed E-state index contributed by atoms with van der Waals surface area (Å²) < 4.78 is 53.3. The van der Waals surface area contributed by atoms with Crippen LogP contribution in [0.5, 0.6) is 0 Å². The highest BCUT2D eigenvalue weighted by atomic mass is 32.2. The molecule has 1 saturated heterocycles. The molecule has 0 unspecified atom stereocenters. The van der Waals surface area contributed by atoms with E-state index in [1.807, 2.05) is 0 Å². The first-order valence-corrected chi connectivity index (χ1v) is 20.2. The molecule has 2 aliphatic heterocycles. The van der Waals surface area contributed by atoms with Crippen LogP contribution >= 0.6 is 0 Å². The summed E-state index contributed by atoms with van der Waals surface area (Å²) in [6.45, 7) is 15.0. The van der Waals surface area contributed by atoms with Crippen LogP contribution in [0.15, 0.2) is 42.5 Å². The Hall–Kier alpha value is -4.80. The van der Waals surface area contributed by atoms with E-state index in [0.717, 1.165) is 10.5 Å². The molecule has 2 heterocycles. The van der Waals surface area contributed by atoms with Gasteiger partial charge in [-0.3, -0.25) is 28.8 Å². The van der Waals surface area contributed by atoms with Gasteiger partial charge in [0.05, 0.1) is 18.3 Å².